The van der Waals surface area contributed by atoms with Crippen molar-refractivity contribution in [1.82, 2.24) is 9.80 Å². The number of benzene rings is 1. The first kappa shape index (κ1) is 15.8. The predicted octanol–water partition coefficient (Wildman–Crippen LogP) is 2.26. The van der Waals surface area contributed by atoms with E-state index in [2.05, 4.69) is 24.2 Å². The molecule has 1 heterocycles. The molecule has 1 saturated heterocycles. The summed E-state index contributed by atoms with van der Waals surface area (Å²) in [4.78, 5) is 16.7. The highest BCUT2D eigenvalue weighted by Crippen LogP contribution is 2.17. The van der Waals surface area contributed by atoms with E-state index in [1.807, 2.05) is 36.1 Å². The van der Waals surface area contributed by atoms with Gasteiger partial charge in [0.1, 0.15) is 0 Å². The SMILES string of the molecule is CC(N)c1cccc(NC(=O)N2CCCN(C)CC2C)c1. The van der Waals surface area contributed by atoms with Crippen molar-refractivity contribution in [2.24, 2.45) is 5.73 Å². The van der Waals surface area contributed by atoms with Crippen LogP contribution in [0.3, 0.4) is 0 Å². The summed E-state index contributed by atoms with van der Waals surface area (Å²) >= 11 is 0. The van der Waals surface area contributed by atoms with Crippen LogP contribution in [0.2, 0.25) is 0 Å². The van der Waals surface area contributed by atoms with Gasteiger partial charge in [-0.3, -0.25) is 0 Å². The fraction of sp³-hybridized carbons (Fsp3) is 0.562. The fourth-order valence-corrected chi connectivity index (χ4v) is 2.77. The third-order valence-electron chi connectivity index (χ3n) is 3.97. The lowest BCUT2D eigenvalue weighted by atomic mass is 10.1. The van der Waals surface area contributed by atoms with Gasteiger partial charge in [-0.2, -0.15) is 0 Å². The molecule has 21 heavy (non-hydrogen) atoms. The predicted molar refractivity (Wildman–Crippen MR) is 86.3 cm³/mol. The minimum absolute atomic E-state index is 0.0281. The average Bonchev–Trinajstić information content (AvgIpc) is 2.59. The number of hydrogen-bond donors (Lipinski definition) is 2. The van der Waals surface area contributed by atoms with Gasteiger partial charge in [0.25, 0.3) is 0 Å². The topological polar surface area (TPSA) is 61.6 Å². The van der Waals surface area contributed by atoms with Gasteiger partial charge < -0.3 is 20.9 Å². The van der Waals surface area contributed by atoms with Gasteiger partial charge >= 0.3 is 6.03 Å². The van der Waals surface area contributed by atoms with Crippen LogP contribution in [0.15, 0.2) is 24.3 Å². The van der Waals surface area contributed by atoms with Crippen molar-refractivity contribution in [3.63, 3.8) is 0 Å². The van der Waals surface area contributed by atoms with E-state index in [-0.39, 0.29) is 18.1 Å². The van der Waals surface area contributed by atoms with E-state index >= 15 is 0 Å². The number of anilines is 1. The van der Waals surface area contributed by atoms with Crippen LogP contribution in [0.4, 0.5) is 10.5 Å². The summed E-state index contributed by atoms with van der Waals surface area (Å²) in [5.74, 6) is 0. The lowest BCUT2D eigenvalue weighted by Crippen LogP contribution is -2.44. The summed E-state index contributed by atoms with van der Waals surface area (Å²) in [6.07, 6.45) is 1.01. The number of hydrogen-bond acceptors (Lipinski definition) is 3. The number of urea groups is 1. The molecule has 3 N–H and O–H groups in total. The minimum Gasteiger partial charge on any atom is -0.324 e. The Morgan fingerprint density at radius 3 is 2.90 bits per heavy atom. The molecule has 0 spiro atoms. The highest BCUT2D eigenvalue weighted by atomic mass is 16.2. The molecule has 1 fully saturated rings. The van der Waals surface area contributed by atoms with Crippen LogP contribution in [-0.2, 0) is 0 Å². The molecular formula is C16H26N4O. The van der Waals surface area contributed by atoms with E-state index in [9.17, 15) is 4.79 Å². The summed E-state index contributed by atoms with van der Waals surface area (Å²) in [7, 11) is 2.10. The summed E-state index contributed by atoms with van der Waals surface area (Å²) < 4.78 is 0. The van der Waals surface area contributed by atoms with Crippen LogP contribution >= 0.6 is 0 Å². The van der Waals surface area contributed by atoms with Crippen molar-refractivity contribution in [2.45, 2.75) is 32.4 Å². The number of likely N-dealkylation sites (N-methyl/N-ethyl adjacent to an activating group) is 1. The van der Waals surface area contributed by atoms with Crippen molar-refractivity contribution < 1.29 is 4.79 Å². The maximum Gasteiger partial charge on any atom is 0.322 e. The van der Waals surface area contributed by atoms with Crippen molar-refractivity contribution >= 4 is 11.7 Å². The molecule has 5 nitrogen and oxygen atoms in total. The highest BCUT2D eigenvalue weighted by Gasteiger charge is 2.23. The second-order valence-corrected chi connectivity index (χ2v) is 6.00. The Morgan fingerprint density at radius 2 is 2.19 bits per heavy atom. The number of nitrogens with two attached hydrogens (primary N) is 1. The van der Waals surface area contributed by atoms with Crippen molar-refractivity contribution in [1.29, 1.82) is 0 Å². The van der Waals surface area contributed by atoms with Gasteiger partial charge in [-0.25, -0.2) is 4.79 Å². The van der Waals surface area contributed by atoms with E-state index < -0.39 is 0 Å². The largest absolute Gasteiger partial charge is 0.324 e. The molecular weight excluding hydrogens is 264 g/mol. The summed E-state index contributed by atoms with van der Waals surface area (Å²) in [6, 6.07) is 7.90. The van der Waals surface area contributed by atoms with Crippen molar-refractivity contribution in [2.75, 3.05) is 32.0 Å². The van der Waals surface area contributed by atoms with Crippen molar-refractivity contribution in [3.05, 3.63) is 29.8 Å². The third-order valence-corrected chi connectivity index (χ3v) is 3.97. The maximum atomic E-state index is 12.5. The first-order valence-electron chi connectivity index (χ1n) is 7.59. The molecule has 2 rings (SSSR count). The third kappa shape index (κ3) is 4.19. The van der Waals surface area contributed by atoms with Gasteiger partial charge in [0.15, 0.2) is 0 Å². The minimum atomic E-state index is -0.0346. The molecule has 1 aliphatic rings. The van der Waals surface area contributed by atoms with Crippen LogP contribution in [0.25, 0.3) is 0 Å². The van der Waals surface area contributed by atoms with Crippen LogP contribution in [-0.4, -0.2) is 48.6 Å². The number of nitrogens with zero attached hydrogens (tertiary/aromatic N) is 2. The van der Waals surface area contributed by atoms with Crippen LogP contribution in [0.5, 0.6) is 0 Å². The van der Waals surface area contributed by atoms with Gasteiger partial charge in [-0.05, 0) is 51.6 Å². The Morgan fingerprint density at radius 1 is 1.43 bits per heavy atom. The molecule has 0 radical (unpaired) electrons. The smallest absolute Gasteiger partial charge is 0.322 e. The summed E-state index contributed by atoms with van der Waals surface area (Å²) in [6.45, 7) is 6.78. The molecule has 0 bridgehead atoms. The van der Waals surface area contributed by atoms with Crippen LogP contribution in [0.1, 0.15) is 31.9 Å². The molecule has 116 valence electrons. The fourth-order valence-electron chi connectivity index (χ4n) is 2.77. The van der Waals surface area contributed by atoms with E-state index in [4.69, 9.17) is 5.73 Å². The molecule has 2 amide bonds. The second-order valence-electron chi connectivity index (χ2n) is 6.00. The normalized spacial score (nSPS) is 21.7. The van der Waals surface area contributed by atoms with Gasteiger partial charge in [-0.15, -0.1) is 0 Å². The maximum absolute atomic E-state index is 12.5. The highest BCUT2D eigenvalue weighted by molar-refractivity contribution is 5.89. The molecule has 0 saturated carbocycles. The number of amides is 2. The zero-order valence-corrected chi connectivity index (χ0v) is 13.2. The summed E-state index contributed by atoms with van der Waals surface area (Å²) in [5, 5.41) is 2.99. The first-order valence-corrected chi connectivity index (χ1v) is 7.59. The standard InChI is InChI=1S/C16H26N4O/c1-12-11-19(3)8-5-9-20(12)16(21)18-15-7-4-6-14(10-15)13(2)17/h4,6-7,10,12-13H,5,8-9,11,17H2,1-3H3,(H,18,21). The van der Waals surface area contributed by atoms with Crippen LogP contribution < -0.4 is 11.1 Å². The molecule has 1 aromatic carbocycles. The number of nitrogens with one attached hydrogen (secondary N) is 1. The second kappa shape index (κ2) is 6.91. The van der Waals surface area contributed by atoms with Crippen LogP contribution in [0, 0.1) is 0 Å². The van der Waals surface area contributed by atoms with E-state index in [0.29, 0.717) is 0 Å². The van der Waals surface area contributed by atoms with E-state index in [1.54, 1.807) is 0 Å². The monoisotopic (exact) mass is 290 g/mol. The molecule has 5 heteroatoms. The van der Waals surface area contributed by atoms with Gasteiger partial charge in [-0.1, -0.05) is 12.1 Å². The van der Waals surface area contributed by atoms with E-state index in [1.165, 1.54) is 0 Å². The molecule has 0 aromatic heterocycles. The van der Waals surface area contributed by atoms with E-state index in [0.717, 1.165) is 37.3 Å². The molecule has 1 aliphatic heterocycles. The number of carbonyl (C=O) groups excluding carboxylic acids is 1. The lowest BCUT2D eigenvalue weighted by Gasteiger charge is -2.28. The molecule has 2 atom stereocenters. The number of carbonyl (C=O) groups is 1. The molecule has 2 unspecified atom stereocenters. The molecule has 0 aliphatic carbocycles. The summed E-state index contributed by atoms with van der Waals surface area (Å²) in [5.41, 5.74) is 7.72. The Kier molecular flexibility index (Phi) is 5.20. The average molecular weight is 290 g/mol. The van der Waals surface area contributed by atoms with Gasteiger partial charge in [0.2, 0.25) is 0 Å². The van der Waals surface area contributed by atoms with Gasteiger partial charge in [0.05, 0.1) is 0 Å². The Hall–Kier alpha value is -1.59. The first-order chi connectivity index (χ1) is 9.97. The number of rotatable bonds is 2. The van der Waals surface area contributed by atoms with Crippen molar-refractivity contribution in [3.8, 4) is 0 Å². The quantitative estimate of drug-likeness (QED) is 0.878. The van der Waals surface area contributed by atoms with Gasteiger partial charge in [0, 0.05) is 30.9 Å². The Bertz CT molecular complexity index is 489. The Labute approximate surface area is 127 Å². The lowest BCUT2D eigenvalue weighted by molar-refractivity contribution is 0.190. The zero-order chi connectivity index (χ0) is 15.4. The zero-order valence-electron chi connectivity index (χ0n) is 13.2. The Balaban J connectivity index is 2.05. The molecule has 1 aromatic rings.